The number of hydrogen-bond donors (Lipinski definition) is 12. The van der Waals surface area contributed by atoms with E-state index in [0.29, 0.717) is 0 Å². The molecule has 3 saturated heterocycles. The molecule has 0 bridgehead atoms. The van der Waals surface area contributed by atoms with Crippen molar-refractivity contribution in [2.24, 2.45) is 13.0 Å². The first-order valence-electron chi connectivity index (χ1n) is 22.2. The van der Waals surface area contributed by atoms with E-state index in [1.807, 2.05) is 0 Å². The van der Waals surface area contributed by atoms with Crippen LogP contribution >= 0.6 is 31.3 Å². The zero-order valence-corrected chi connectivity index (χ0v) is 43.2. The summed E-state index contributed by atoms with van der Waals surface area (Å²) in [5.74, 6) is -1.88. The van der Waals surface area contributed by atoms with Crippen LogP contribution in [0, 0.1) is 5.92 Å². The Morgan fingerprint density at radius 2 is 1.38 bits per heavy atom. The van der Waals surface area contributed by atoms with Crippen LogP contribution in [-0.2, 0) is 75.8 Å². The van der Waals surface area contributed by atoms with Gasteiger partial charge in [-0.05, 0) is 0 Å². The predicted molar refractivity (Wildman–Crippen MR) is 248 cm³/mol. The fourth-order valence-electron chi connectivity index (χ4n) is 8.81. The summed E-state index contributed by atoms with van der Waals surface area (Å²) in [7, 11) is -21.3. The standard InChI is InChI=1S/C34H46N16O24P4/c1-47-11-50(27-18(47)29(56)46-34(37)44-27)30-19(52)12(3-38-10-51)13(69-30)4-67-76(59,60)73-78(63,64)74-77(61,62)68-6-15-22(23(65-2)32(71-15)48-8-41-16-24(35)39-7-40-25(16)48)72-75(57,58)66-5-14-20(53)21(54)31(70-14)49-9-42-17-26(49)43-33(36)45-28(17)55/h7-15,19-23,30-32,52-54H,3-6H2,1-2H3,(H12-,35,36,37,38,39,40,43,44,45,46,51,55,56,57,58,59,60,61,62,63,64)/t12-,13-,14-,15-,19-,20-,21-,22-,23-,30+,31-,32-/m1/s1. The molecule has 44 heteroatoms. The number of methoxy groups -OCH3 is 1. The maximum absolute atomic E-state index is 13.6. The monoisotopic (exact) mass is 1190 g/mol. The summed E-state index contributed by atoms with van der Waals surface area (Å²) < 4.78 is 110. The number of carbonyl (C=O) groups is 1. The lowest BCUT2D eigenvalue weighted by molar-refractivity contribution is -0.745. The molecule has 0 aromatic carbocycles. The largest absolute Gasteiger partial charge is 0.756 e. The fourth-order valence-corrected chi connectivity index (χ4v) is 13.3. The number of phosphoric acid groups is 4. The van der Waals surface area contributed by atoms with Crippen LogP contribution in [0.3, 0.4) is 0 Å². The zero-order valence-electron chi connectivity index (χ0n) is 39.7. The molecule has 15 N–H and O–H groups in total. The van der Waals surface area contributed by atoms with Gasteiger partial charge in [0.2, 0.25) is 24.1 Å². The number of aryl methyl sites for hydroxylation is 1. The zero-order chi connectivity index (χ0) is 56.4. The van der Waals surface area contributed by atoms with Gasteiger partial charge in [-0.2, -0.15) is 13.6 Å². The number of amides is 1. The number of nitrogens with one attached hydrogen (secondary N) is 3. The normalized spacial score (nSPS) is 29.7. The minimum atomic E-state index is -6.23. The number of carbonyl (C=O) groups excluding carboxylic acids is 1. The van der Waals surface area contributed by atoms with Gasteiger partial charge in [-0.1, -0.05) is 4.98 Å². The highest BCUT2D eigenvalue weighted by Crippen LogP contribution is 2.68. The van der Waals surface area contributed by atoms with Gasteiger partial charge in [0.05, 0.1) is 45.6 Å². The molecule has 9 heterocycles. The Morgan fingerprint density at radius 3 is 2.06 bits per heavy atom. The molecule has 0 aliphatic carbocycles. The Hall–Kier alpha value is -5.64. The molecule has 426 valence electrons. The van der Waals surface area contributed by atoms with Crippen molar-refractivity contribution in [3.05, 3.63) is 46.0 Å². The smallest absolute Gasteiger partial charge is 0.490 e. The number of aliphatic hydroxyl groups excluding tert-OH is 3. The summed E-state index contributed by atoms with van der Waals surface area (Å²) in [5.41, 5.74) is 15.5. The number of aliphatic hydroxyl groups is 3. The lowest BCUT2D eigenvalue weighted by Gasteiger charge is -2.31. The molecule has 6 aromatic heterocycles. The van der Waals surface area contributed by atoms with Gasteiger partial charge >= 0.3 is 29.1 Å². The van der Waals surface area contributed by atoms with Gasteiger partial charge in [-0.25, -0.2) is 38.2 Å². The minimum Gasteiger partial charge on any atom is -0.756 e. The molecule has 1 amide bonds. The molecule has 4 unspecified atom stereocenters. The van der Waals surface area contributed by atoms with Crippen molar-refractivity contribution >= 4 is 88.9 Å². The maximum Gasteiger partial charge on any atom is 0.490 e. The average molecular weight is 1190 g/mol. The van der Waals surface area contributed by atoms with Gasteiger partial charge in [0.15, 0.2) is 41.4 Å². The van der Waals surface area contributed by atoms with Crippen LogP contribution in [-0.4, -0.2) is 172 Å². The summed E-state index contributed by atoms with van der Waals surface area (Å²) in [5, 5.41) is 35.3. The summed E-state index contributed by atoms with van der Waals surface area (Å²) in [6.45, 7) is -3.73. The minimum absolute atomic E-state index is 0.00527. The number of phosphoric ester groups is 3. The SMILES string of the molecule is CO[C@@H]1[C@H](OP(=O)([O-])OC[C@H]2O[C@@H](n3cnc4c(=O)[nH]c(N)nc43)[C@H](O)[C@@H]2O)[C@@H](COP(=O)(O)OP(=O)(O)OP(=O)(O)OC[C@H]2O[C@H]([n+]3cn(C)c4c(=O)[nH]c(N)nc43)[C@H](O)[C@@H]2CNC=O)O[C@H]1n1cnc2c(N)ncnc21. The molecule has 9 rings (SSSR count). The van der Waals surface area contributed by atoms with Gasteiger partial charge in [0.1, 0.15) is 54.6 Å². The Labute approximate surface area is 432 Å². The van der Waals surface area contributed by atoms with Crippen LogP contribution in [0.15, 0.2) is 34.9 Å². The number of imidazole rings is 3. The van der Waals surface area contributed by atoms with E-state index in [2.05, 4.69) is 53.8 Å². The Bertz CT molecular complexity index is 3560. The van der Waals surface area contributed by atoms with E-state index in [9.17, 15) is 67.5 Å². The predicted octanol–water partition coefficient (Wildman–Crippen LogP) is -5.34. The van der Waals surface area contributed by atoms with E-state index in [0.717, 1.165) is 30.7 Å². The summed E-state index contributed by atoms with van der Waals surface area (Å²) in [6.07, 6.45) is -13.4. The van der Waals surface area contributed by atoms with Crippen molar-refractivity contribution in [3.8, 4) is 0 Å². The van der Waals surface area contributed by atoms with E-state index in [1.165, 1.54) is 27.1 Å². The molecular weight excluding hydrogens is 1140 g/mol. The lowest BCUT2D eigenvalue weighted by Crippen LogP contribution is -2.46. The number of ether oxygens (including phenoxy) is 4. The number of hydrogen-bond acceptors (Lipinski definition) is 30. The quantitative estimate of drug-likeness (QED) is 0.0172. The molecule has 6 aromatic rings. The van der Waals surface area contributed by atoms with E-state index < -0.39 is 136 Å². The topological polar surface area (TPSA) is 574 Å². The molecule has 40 nitrogen and oxygen atoms in total. The third kappa shape index (κ3) is 11.5. The number of nitrogens with zero attached hydrogens (tertiary/aromatic N) is 10. The number of rotatable bonds is 22. The van der Waals surface area contributed by atoms with Crippen LogP contribution in [0.5, 0.6) is 0 Å². The van der Waals surface area contributed by atoms with Crippen molar-refractivity contribution in [2.75, 3.05) is 50.7 Å². The van der Waals surface area contributed by atoms with Crippen molar-refractivity contribution in [2.45, 2.75) is 67.5 Å². The van der Waals surface area contributed by atoms with Gasteiger partial charge in [0, 0.05) is 19.6 Å². The Kier molecular flexibility index (Phi) is 15.9. The van der Waals surface area contributed by atoms with Crippen molar-refractivity contribution in [3.63, 3.8) is 0 Å². The number of H-pyrrole nitrogens is 2. The average Bonchev–Trinajstić information content (AvgIpc) is 4.28. The lowest BCUT2D eigenvalue weighted by atomic mass is 9.98. The fraction of sp³-hybridized carbons (Fsp3) is 0.529. The number of aromatic amines is 2. The first-order valence-corrected chi connectivity index (χ1v) is 28.1. The molecular formula is C34H46N16O24P4. The van der Waals surface area contributed by atoms with Crippen LogP contribution < -0.4 is 43.1 Å². The maximum atomic E-state index is 13.6. The second-order valence-electron chi connectivity index (χ2n) is 17.1. The third-order valence-corrected chi connectivity index (χ3v) is 17.4. The van der Waals surface area contributed by atoms with Crippen LogP contribution in [0.25, 0.3) is 33.5 Å². The molecule has 16 atom stereocenters. The van der Waals surface area contributed by atoms with Gasteiger partial charge in [0.25, 0.3) is 24.9 Å². The number of anilines is 3. The molecule has 0 radical (unpaired) electrons. The van der Waals surface area contributed by atoms with Gasteiger partial charge < -0.3 is 85.4 Å². The van der Waals surface area contributed by atoms with Crippen LogP contribution in [0.2, 0.25) is 0 Å². The first kappa shape index (κ1) is 57.1. The van der Waals surface area contributed by atoms with Crippen molar-refractivity contribution in [1.29, 1.82) is 0 Å². The second-order valence-corrected chi connectivity index (χ2v) is 23.1. The number of nitrogen functional groups attached to an aromatic ring is 3. The highest BCUT2D eigenvalue weighted by molar-refractivity contribution is 7.66. The third-order valence-electron chi connectivity index (χ3n) is 12.2. The van der Waals surface area contributed by atoms with Crippen LogP contribution in [0.1, 0.15) is 18.7 Å². The van der Waals surface area contributed by atoms with E-state index >= 15 is 0 Å². The number of fused-ring (bicyclic) bond motifs is 3. The van der Waals surface area contributed by atoms with Crippen LogP contribution in [0.4, 0.5) is 17.7 Å². The highest BCUT2D eigenvalue weighted by Gasteiger charge is 2.53. The van der Waals surface area contributed by atoms with E-state index in [4.69, 9.17) is 54.2 Å². The molecule has 3 aliphatic rings. The van der Waals surface area contributed by atoms with Crippen molar-refractivity contribution < 1.29 is 108 Å². The summed E-state index contributed by atoms with van der Waals surface area (Å²) >= 11 is 0. The summed E-state index contributed by atoms with van der Waals surface area (Å²) in [4.78, 5) is 110. The molecule has 0 spiro atoms. The number of aromatic nitrogens is 12. The molecule has 3 aliphatic heterocycles. The Morgan fingerprint density at radius 1 is 0.769 bits per heavy atom. The molecule has 0 saturated carbocycles. The second kappa shape index (κ2) is 21.8. The van der Waals surface area contributed by atoms with Gasteiger partial charge in [-0.15, -0.1) is 0 Å². The molecule has 78 heavy (non-hydrogen) atoms. The highest BCUT2D eigenvalue weighted by atomic mass is 31.3. The van der Waals surface area contributed by atoms with E-state index in [-0.39, 0.29) is 64.2 Å². The number of nitrogens with two attached hydrogens (primary N) is 3. The van der Waals surface area contributed by atoms with Crippen molar-refractivity contribution in [1.82, 2.24) is 58.9 Å². The Balaban J connectivity index is 0.872. The molecule has 3 fully saturated rings. The van der Waals surface area contributed by atoms with Gasteiger partial charge in [-0.3, -0.25) is 51.7 Å². The van der Waals surface area contributed by atoms with E-state index in [1.54, 1.807) is 0 Å². The summed E-state index contributed by atoms with van der Waals surface area (Å²) in [6, 6.07) is 0. The first-order chi connectivity index (χ1) is 36.7.